The Labute approximate surface area is 165 Å². The molecule has 0 aromatic heterocycles. The molecular formula is C21H31BrN2O2. The summed E-state index contributed by atoms with van der Waals surface area (Å²) in [5.74, 6) is 1.33. The number of carbonyl (C=O) groups is 2. The van der Waals surface area contributed by atoms with Crippen molar-refractivity contribution >= 4 is 33.4 Å². The van der Waals surface area contributed by atoms with E-state index < -0.39 is 6.04 Å². The van der Waals surface area contributed by atoms with Gasteiger partial charge in [-0.2, -0.15) is 0 Å². The molecule has 4 nitrogen and oxygen atoms in total. The molecule has 1 unspecified atom stereocenters. The Hall–Kier alpha value is -1.36. The van der Waals surface area contributed by atoms with Crippen molar-refractivity contribution in [2.45, 2.75) is 59.4 Å². The monoisotopic (exact) mass is 422 g/mol. The van der Waals surface area contributed by atoms with Gasteiger partial charge >= 0.3 is 0 Å². The summed E-state index contributed by atoms with van der Waals surface area (Å²) in [6.45, 7) is 8.43. The Kier molecular flexibility index (Phi) is 7.69. The average molecular weight is 423 g/mol. The van der Waals surface area contributed by atoms with E-state index in [1.54, 1.807) is 0 Å². The maximum absolute atomic E-state index is 12.7. The predicted molar refractivity (Wildman–Crippen MR) is 110 cm³/mol. The van der Waals surface area contributed by atoms with E-state index in [4.69, 9.17) is 0 Å². The molecule has 0 heterocycles. The van der Waals surface area contributed by atoms with Gasteiger partial charge < -0.3 is 10.6 Å². The molecule has 144 valence electrons. The highest BCUT2D eigenvalue weighted by molar-refractivity contribution is 9.10. The molecule has 2 amide bonds. The van der Waals surface area contributed by atoms with Crippen LogP contribution in [0.25, 0.3) is 0 Å². The summed E-state index contributed by atoms with van der Waals surface area (Å²) in [4.78, 5) is 25.4. The first-order valence-electron chi connectivity index (χ1n) is 9.64. The lowest BCUT2D eigenvalue weighted by Gasteiger charge is -2.31. The molecule has 26 heavy (non-hydrogen) atoms. The van der Waals surface area contributed by atoms with Crippen LogP contribution in [-0.4, -0.2) is 17.9 Å². The summed E-state index contributed by atoms with van der Waals surface area (Å²) in [5.41, 5.74) is 0.732. The lowest BCUT2D eigenvalue weighted by Crippen LogP contribution is -2.49. The van der Waals surface area contributed by atoms with Gasteiger partial charge in [0.2, 0.25) is 11.8 Å². The topological polar surface area (TPSA) is 58.2 Å². The summed E-state index contributed by atoms with van der Waals surface area (Å²) in [6.07, 6.45) is 4.06. The number of hydrogen-bond donors (Lipinski definition) is 2. The fourth-order valence-corrected chi connectivity index (χ4v) is 3.87. The van der Waals surface area contributed by atoms with Crippen molar-refractivity contribution in [1.29, 1.82) is 0 Å². The zero-order valence-corrected chi connectivity index (χ0v) is 17.8. The minimum Gasteiger partial charge on any atom is -0.344 e. The Bertz CT molecular complexity index is 605. The van der Waals surface area contributed by atoms with E-state index in [0.29, 0.717) is 5.92 Å². The van der Waals surface area contributed by atoms with Crippen molar-refractivity contribution < 1.29 is 9.59 Å². The van der Waals surface area contributed by atoms with E-state index in [-0.39, 0.29) is 23.7 Å². The second-order valence-electron chi connectivity index (χ2n) is 8.08. The third kappa shape index (κ3) is 5.83. The fourth-order valence-electron chi connectivity index (χ4n) is 3.61. The van der Waals surface area contributed by atoms with E-state index in [9.17, 15) is 9.59 Å². The summed E-state index contributed by atoms with van der Waals surface area (Å²) in [6, 6.07) is 6.93. The normalized spacial score (nSPS) is 21.5. The Balaban J connectivity index is 1.93. The number of hydrogen-bond acceptors (Lipinski definition) is 2. The Morgan fingerprint density at radius 1 is 1.00 bits per heavy atom. The molecule has 1 atom stereocenters. The van der Waals surface area contributed by atoms with Gasteiger partial charge in [-0.3, -0.25) is 9.59 Å². The average Bonchev–Trinajstić information content (AvgIpc) is 2.61. The van der Waals surface area contributed by atoms with Gasteiger partial charge in [0.05, 0.1) is 0 Å². The third-order valence-corrected chi connectivity index (χ3v) is 5.97. The third-order valence-electron chi connectivity index (χ3n) is 5.44. The fraction of sp³-hybridized carbons (Fsp3) is 0.619. The molecular weight excluding hydrogens is 392 g/mol. The van der Waals surface area contributed by atoms with Gasteiger partial charge in [-0.15, -0.1) is 0 Å². The molecule has 2 N–H and O–H groups in total. The number of benzene rings is 1. The van der Waals surface area contributed by atoms with E-state index in [0.717, 1.165) is 41.8 Å². The zero-order valence-electron chi connectivity index (χ0n) is 16.2. The van der Waals surface area contributed by atoms with Crippen molar-refractivity contribution in [2.75, 3.05) is 5.32 Å². The maximum atomic E-state index is 12.7. The van der Waals surface area contributed by atoms with Crippen LogP contribution in [0.4, 0.5) is 5.69 Å². The molecule has 1 aromatic carbocycles. The van der Waals surface area contributed by atoms with Gasteiger partial charge in [-0.25, -0.2) is 0 Å². The molecule has 0 aliphatic heterocycles. The smallest absolute Gasteiger partial charge is 0.247 e. The van der Waals surface area contributed by atoms with Gasteiger partial charge in [0.15, 0.2) is 0 Å². The van der Waals surface area contributed by atoms with Crippen LogP contribution in [0.15, 0.2) is 28.7 Å². The summed E-state index contributed by atoms with van der Waals surface area (Å²) in [7, 11) is 0. The zero-order chi connectivity index (χ0) is 19.3. The second kappa shape index (κ2) is 9.54. The van der Waals surface area contributed by atoms with Crippen molar-refractivity contribution in [3.05, 3.63) is 28.7 Å². The van der Waals surface area contributed by atoms with Crippen LogP contribution in [0.3, 0.4) is 0 Å². The van der Waals surface area contributed by atoms with E-state index in [2.05, 4.69) is 40.4 Å². The van der Waals surface area contributed by atoms with Gasteiger partial charge in [0.1, 0.15) is 6.04 Å². The minimum absolute atomic E-state index is 0.0249. The summed E-state index contributed by atoms with van der Waals surface area (Å²) in [5, 5.41) is 5.91. The highest BCUT2D eigenvalue weighted by atomic mass is 79.9. The molecule has 0 bridgehead atoms. The number of nitrogens with one attached hydrogen (secondary N) is 2. The predicted octanol–water partition coefficient (Wildman–Crippen LogP) is 4.99. The van der Waals surface area contributed by atoms with Crippen molar-refractivity contribution in [2.24, 2.45) is 23.7 Å². The molecule has 2 rings (SSSR count). The largest absolute Gasteiger partial charge is 0.344 e. The molecule has 1 aliphatic rings. The minimum atomic E-state index is -0.519. The van der Waals surface area contributed by atoms with E-state index >= 15 is 0 Å². The van der Waals surface area contributed by atoms with E-state index in [1.165, 1.54) is 0 Å². The van der Waals surface area contributed by atoms with Gasteiger partial charge in [-0.05, 0) is 67.7 Å². The number of anilines is 1. The molecule has 1 saturated carbocycles. The van der Waals surface area contributed by atoms with Crippen LogP contribution in [0.1, 0.15) is 53.4 Å². The SMILES string of the molecule is CC(C)C1CCC(C(=O)NC(C(=O)Nc2ccc(Br)cc2)C(C)C)CC1. The molecule has 0 spiro atoms. The quantitative estimate of drug-likeness (QED) is 0.677. The molecule has 0 saturated heterocycles. The molecule has 1 aliphatic carbocycles. The standard InChI is InChI=1S/C21H31BrN2O2/c1-13(2)15-5-7-16(8-6-15)20(25)24-19(14(3)4)21(26)23-18-11-9-17(22)10-12-18/h9-16,19H,5-8H2,1-4H3,(H,23,26)(H,24,25). The van der Waals surface area contributed by atoms with Crippen LogP contribution in [-0.2, 0) is 9.59 Å². The number of carbonyl (C=O) groups excluding carboxylic acids is 2. The van der Waals surface area contributed by atoms with E-state index in [1.807, 2.05) is 38.1 Å². The summed E-state index contributed by atoms with van der Waals surface area (Å²) < 4.78 is 0.959. The first-order valence-corrected chi connectivity index (χ1v) is 10.4. The van der Waals surface area contributed by atoms with Gasteiger partial charge in [-0.1, -0.05) is 43.6 Å². The second-order valence-corrected chi connectivity index (χ2v) is 9.00. The first kappa shape index (κ1) is 20.9. The Morgan fingerprint density at radius 3 is 2.08 bits per heavy atom. The maximum Gasteiger partial charge on any atom is 0.247 e. The molecule has 1 fully saturated rings. The van der Waals surface area contributed by atoms with Crippen LogP contribution < -0.4 is 10.6 Å². The van der Waals surface area contributed by atoms with Crippen LogP contribution in [0, 0.1) is 23.7 Å². The Morgan fingerprint density at radius 2 is 1.58 bits per heavy atom. The van der Waals surface area contributed by atoms with Gasteiger partial charge in [0.25, 0.3) is 0 Å². The van der Waals surface area contributed by atoms with Crippen molar-refractivity contribution in [3.8, 4) is 0 Å². The highest BCUT2D eigenvalue weighted by Gasteiger charge is 2.31. The molecule has 0 radical (unpaired) electrons. The molecule has 1 aromatic rings. The van der Waals surface area contributed by atoms with Gasteiger partial charge in [0, 0.05) is 16.1 Å². The highest BCUT2D eigenvalue weighted by Crippen LogP contribution is 2.33. The van der Waals surface area contributed by atoms with Crippen LogP contribution in [0.2, 0.25) is 0 Å². The number of rotatable bonds is 6. The molecule has 5 heteroatoms. The van der Waals surface area contributed by atoms with Crippen molar-refractivity contribution in [1.82, 2.24) is 5.32 Å². The first-order chi connectivity index (χ1) is 12.3. The van der Waals surface area contributed by atoms with Crippen molar-refractivity contribution in [3.63, 3.8) is 0 Å². The lowest BCUT2D eigenvalue weighted by molar-refractivity contribution is -0.131. The number of amides is 2. The van der Waals surface area contributed by atoms with Crippen LogP contribution >= 0.6 is 15.9 Å². The van der Waals surface area contributed by atoms with Crippen LogP contribution in [0.5, 0.6) is 0 Å². The lowest BCUT2D eigenvalue weighted by atomic mass is 9.76. The summed E-state index contributed by atoms with van der Waals surface area (Å²) >= 11 is 3.38. The number of halogens is 1.